The van der Waals surface area contributed by atoms with Gasteiger partial charge in [0.1, 0.15) is 5.69 Å². The van der Waals surface area contributed by atoms with Crippen LogP contribution in [0.2, 0.25) is 0 Å². The SMILES string of the molecule is CCCN(C(=O)c1cc(C(C)=O)c[nH]1)C1CCc2ccccc21. The van der Waals surface area contributed by atoms with Crippen molar-refractivity contribution in [2.75, 3.05) is 6.54 Å². The van der Waals surface area contributed by atoms with E-state index in [2.05, 4.69) is 30.1 Å². The summed E-state index contributed by atoms with van der Waals surface area (Å²) in [7, 11) is 0. The van der Waals surface area contributed by atoms with Gasteiger partial charge in [-0.15, -0.1) is 0 Å². The maximum absolute atomic E-state index is 13.0. The van der Waals surface area contributed by atoms with Crippen LogP contribution >= 0.6 is 0 Å². The van der Waals surface area contributed by atoms with Crippen LogP contribution in [0, 0.1) is 0 Å². The average molecular weight is 310 g/mol. The molecule has 1 atom stereocenters. The van der Waals surface area contributed by atoms with E-state index in [-0.39, 0.29) is 17.7 Å². The quantitative estimate of drug-likeness (QED) is 0.855. The molecule has 1 amide bonds. The number of ketones is 1. The lowest BCUT2D eigenvalue weighted by atomic mass is 10.1. The molecular weight excluding hydrogens is 288 g/mol. The molecule has 23 heavy (non-hydrogen) atoms. The number of carbonyl (C=O) groups is 2. The lowest BCUT2D eigenvalue weighted by Gasteiger charge is -2.29. The van der Waals surface area contributed by atoms with E-state index in [1.807, 2.05) is 11.0 Å². The lowest BCUT2D eigenvalue weighted by Crippen LogP contribution is -2.35. The molecular formula is C19H22N2O2. The molecule has 1 aromatic heterocycles. The first kappa shape index (κ1) is 15.5. The van der Waals surface area contributed by atoms with Crippen LogP contribution in [0.1, 0.15) is 64.7 Å². The third-order valence-electron chi connectivity index (χ3n) is 4.52. The number of aromatic amines is 1. The van der Waals surface area contributed by atoms with Crippen molar-refractivity contribution in [2.24, 2.45) is 0 Å². The molecule has 0 saturated heterocycles. The van der Waals surface area contributed by atoms with Crippen molar-refractivity contribution in [3.63, 3.8) is 0 Å². The maximum Gasteiger partial charge on any atom is 0.270 e. The molecule has 1 unspecified atom stereocenters. The summed E-state index contributed by atoms with van der Waals surface area (Å²) in [5.41, 5.74) is 3.64. The molecule has 0 aliphatic heterocycles. The number of carbonyl (C=O) groups excluding carboxylic acids is 2. The van der Waals surface area contributed by atoms with Crippen LogP contribution < -0.4 is 0 Å². The van der Waals surface area contributed by atoms with E-state index in [9.17, 15) is 9.59 Å². The number of amides is 1. The van der Waals surface area contributed by atoms with Crippen LogP contribution in [0.5, 0.6) is 0 Å². The molecule has 0 radical (unpaired) electrons. The number of aromatic nitrogens is 1. The highest BCUT2D eigenvalue weighted by Crippen LogP contribution is 2.36. The number of Topliss-reactive ketones (excluding diaryl/α,β-unsaturated/α-hetero) is 1. The van der Waals surface area contributed by atoms with Gasteiger partial charge in [0.15, 0.2) is 5.78 Å². The zero-order valence-electron chi connectivity index (χ0n) is 13.6. The molecule has 120 valence electrons. The van der Waals surface area contributed by atoms with E-state index in [4.69, 9.17) is 0 Å². The normalized spacial score (nSPS) is 16.2. The first-order valence-electron chi connectivity index (χ1n) is 8.20. The van der Waals surface area contributed by atoms with Gasteiger partial charge < -0.3 is 9.88 Å². The number of rotatable bonds is 5. The van der Waals surface area contributed by atoms with Crippen molar-refractivity contribution < 1.29 is 9.59 Å². The summed E-state index contributed by atoms with van der Waals surface area (Å²) in [4.78, 5) is 29.3. The highest BCUT2D eigenvalue weighted by Gasteiger charge is 2.31. The minimum absolute atomic E-state index is 0.0268. The van der Waals surface area contributed by atoms with Gasteiger partial charge in [-0.05, 0) is 43.4 Å². The summed E-state index contributed by atoms with van der Waals surface area (Å²) >= 11 is 0. The van der Waals surface area contributed by atoms with Crippen molar-refractivity contribution >= 4 is 11.7 Å². The van der Waals surface area contributed by atoms with Crippen LogP contribution in [-0.4, -0.2) is 28.1 Å². The molecule has 0 saturated carbocycles. The summed E-state index contributed by atoms with van der Waals surface area (Å²) in [6.07, 6.45) is 4.50. The van der Waals surface area contributed by atoms with E-state index in [0.717, 1.165) is 19.3 Å². The highest BCUT2D eigenvalue weighted by molar-refractivity contribution is 5.99. The van der Waals surface area contributed by atoms with Crippen molar-refractivity contribution in [3.8, 4) is 0 Å². The Morgan fingerprint density at radius 2 is 2.09 bits per heavy atom. The standard InChI is InChI=1S/C19H22N2O2/c1-3-10-21(18-9-8-14-6-4-5-7-16(14)18)19(23)17-11-15(12-20-17)13(2)22/h4-7,11-12,18,20H,3,8-10H2,1-2H3. The molecule has 0 spiro atoms. The molecule has 4 heteroatoms. The summed E-state index contributed by atoms with van der Waals surface area (Å²) in [6.45, 7) is 4.30. The highest BCUT2D eigenvalue weighted by atomic mass is 16.2. The maximum atomic E-state index is 13.0. The molecule has 1 heterocycles. The van der Waals surface area contributed by atoms with Gasteiger partial charge >= 0.3 is 0 Å². The first-order chi connectivity index (χ1) is 11.1. The molecule has 1 aliphatic rings. The molecule has 0 bridgehead atoms. The molecule has 1 N–H and O–H groups in total. The molecule has 2 aromatic rings. The predicted octanol–water partition coefficient (Wildman–Crippen LogP) is 3.76. The van der Waals surface area contributed by atoms with Crippen molar-refractivity contribution in [2.45, 2.75) is 39.2 Å². The number of nitrogens with one attached hydrogen (secondary N) is 1. The number of hydrogen-bond acceptors (Lipinski definition) is 2. The number of benzene rings is 1. The predicted molar refractivity (Wildman–Crippen MR) is 89.6 cm³/mol. The Hall–Kier alpha value is -2.36. The second-order valence-corrected chi connectivity index (χ2v) is 6.11. The fourth-order valence-electron chi connectivity index (χ4n) is 3.37. The van der Waals surface area contributed by atoms with E-state index < -0.39 is 0 Å². The van der Waals surface area contributed by atoms with Crippen LogP contribution in [0.3, 0.4) is 0 Å². The van der Waals surface area contributed by atoms with E-state index in [1.54, 1.807) is 12.3 Å². The fraction of sp³-hybridized carbons (Fsp3) is 0.368. The minimum atomic E-state index is -0.0337. The van der Waals surface area contributed by atoms with Gasteiger partial charge in [-0.2, -0.15) is 0 Å². The van der Waals surface area contributed by atoms with Crippen LogP contribution in [0.4, 0.5) is 0 Å². The second kappa shape index (κ2) is 6.41. The number of nitrogens with zero attached hydrogens (tertiary/aromatic N) is 1. The van der Waals surface area contributed by atoms with Gasteiger partial charge in [-0.25, -0.2) is 0 Å². The van der Waals surface area contributed by atoms with E-state index in [1.165, 1.54) is 18.1 Å². The number of hydrogen-bond donors (Lipinski definition) is 1. The molecule has 1 aromatic carbocycles. The fourth-order valence-corrected chi connectivity index (χ4v) is 3.37. The number of fused-ring (bicyclic) bond motifs is 1. The summed E-state index contributed by atoms with van der Waals surface area (Å²) in [6, 6.07) is 10.1. The smallest absolute Gasteiger partial charge is 0.270 e. The molecule has 0 fully saturated rings. The van der Waals surface area contributed by atoms with E-state index >= 15 is 0 Å². The van der Waals surface area contributed by atoms with Gasteiger partial charge in [-0.1, -0.05) is 31.2 Å². The molecule has 1 aliphatic carbocycles. The number of aryl methyl sites for hydroxylation is 1. The van der Waals surface area contributed by atoms with Gasteiger partial charge in [0.2, 0.25) is 0 Å². The van der Waals surface area contributed by atoms with Crippen molar-refractivity contribution in [1.29, 1.82) is 0 Å². The monoisotopic (exact) mass is 310 g/mol. The molecule has 3 rings (SSSR count). The Morgan fingerprint density at radius 3 is 2.78 bits per heavy atom. The zero-order chi connectivity index (χ0) is 16.4. The van der Waals surface area contributed by atoms with E-state index in [0.29, 0.717) is 17.8 Å². The Balaban J connectivity index is 1.89. The third kappa shape index (κ3) is 2.93. The van der Waals surface area contributed by atoms with Gasteiger partial charge in [0.25, 0.3) is 5.91 Å². The zero-order valence-corrected chi connectivity index (χ0v) is 13.6. The minimum Gasteiger partial charge on any atom is -0.356 e. The van der Waals surface area contributed by atoms with Gasteiger partial charge in [0.05, 0.1) is 6.04 Å². The van der Waals surface area contributed by atoms with Gasteiger partial charge in [0, 0.05) is 18.3 Å². The number of H-pyrrole nitrogens is 1. The average Bonchev–Trinajstić information content (AvgIpc) is 3.19. The van der Waals surface area contributed by atoms with Crippen LogP contribution in [0.25, 0.3) is 0 Å². The summed E-state index contributed by atoms with van der Waals surface area (Å²) in [5.74, 6) is -0.0605. The second-order valence-electron chi connectivity index (χ2n) is 6.11. The first-order valence-corrected chi connectivity index (χ1v) is 8.20. The Morgan fingerprint density at radius 1 is 1.30 bits per heavy atom. The summed E-state index contributed by atoms with van der Waals surface area (Å²) < 4.78 is 0. The van der Waals surface area contributed by atoms with Crippen LogP contribution in [-0.2, 0) is 6.42 Å². The summed E-state index contributed by atoms with van der Waals surface area (Å²) in [5, 5.41) is 0. The lowest BCUT2D eigenvalue weighted by molar-refractivity contribution is 0.0670. The Labute approximate surface area is 136 Å². The van der Waals surface area contributed by atoms with Gasteiger partial charge in [-0.3, -0.25) is 9.59 Å². The molecule has 4 nitrogen and oxygen atoms in total. The Kier molecular flexibility index (Phi) is 4.33. The third-order valence-corrected chi connectivity index (χ3v) is 4.52. The van der Waals surface area contributed by atoms with Crippen molar-refractivity contribution in [3.05, 3.63) is 58.9 Å². The van der Waals surface area contributed by atoms with Crippen molar-refractivity contribution in [1.82, 2.24) is 9.88 Å². The Bertz CT molecular complexity index is 732. The van der Waals surface area contributed by atoms with Crippen LogP contribution in [0.15, 0.2) is 36.5 Å². The topological polar surface area (TPSA) is 53.2 Å². The largest absolute Gasteiger partial charge is 0.356 e.